The second-order valence-corrected chi connectivity index (χ2v) is 4.78. The second kappa shape index (κ2) is 4.56. The molecule has 0 saturated carbocycles. The summed E-state index contributed by atoms with van der Waals surface area (Å²) < 4.78 is 19.3. The van der Waals surface area contributed by atoms with Crippen LogP contribution in [0.3, 0.4) is 0 Å². The van der Waals surface area contributed by atoms with E-state index in [9.17, 15) is 9.18 Å². The number of carbonyl (C=O) groups excluding carboxylic acids is 1. The van der Waals surface area contributed by atoms with Gasteiger partial charge >= 0.3 is 5.97 Å². The molecule has 1 atom stereocenters. The van der Waals surface area contributed by atoms with Crippen LogP contribution in [0, 0.1) is 5.82 Å². The number of carbonyl (C=O) groups is 1. The largest absolute Gasteiger partial charge is 0.451 e. The number of halogens is 1. The highest BCUT2D eigenvalue weighted by Gasteiger charge is 2.41. The lowest BCUT2D eigenvalue weighted by Crippen LogP contribution is -2.29. The minimum absolute atomic E-state index is 0.214. The van der Waals surface area contributed by atoms with Gasteiger partial charge in [0, 0.05) is 11.1 Å². The van der Waals surface area contributed by atoms with E-state index in [4.69, 9.17) is 4.74 Å². The summed E-state index contributed by atoms with van der Waals surface area (Å²) in [6.45, 7) is 7.16. The summed E-state index contributed by atoms with van der Waals surface area (Å²) in [7, 11) is 0. The van der Waals surface area contributed by atoms with Gasteiger partial charge in [-0.05, 0) is 37.8 Å². The first kappa shape index (κ1) is 12.8. The fourth-order valence-corrected chi connectivity index (χ4v) is 2.51. The summed E-state index contributed by atoms with van der Waals surface area (Å²) in [4.78, 5) is 11.7. The fraction of sp³-hybridized carbons (Fsp3) is 0.400. The maximum Gasteiger partial charge on any atom is 0.333 e. The van der Waals surface area contributed by atoms with Crippen molar-refractivity contribution in [2.24, 2.45) is 0 Å². The molecule has 0 N–H and O–H groups in total. The van der Waals surface area contributed by atoms with E-state index in [0.29, 0.717) is 30.4 Å². The molecule has 2 rings (SSSR count). The molecule has 96 valence electrons. The molecule has 18 heavy (non-hydrogen) atoms. The van der Waals surface area contributed by atoms with Crippen LogP contribution in [0.4, 0.5) is 4.39 Å². The van der Waals surface area contributed by atoms with Gasteiger partial charge in [-0.1, -0.05) is 25.6 Å². The Hall–Kier alpha value is -1.64. The van der Waals surface area contributed by atoms with Crippen LogP contribution in [0.25, 0.3) is 0 Å². The third-order valence-electron chi connectivity index (χ3n) is 3.60. The van der Waals surface area contributed by atoms with E-state index in [2.05, 4.69) is 6.58 Å². The summed E-state index contributed by atoms with van der Waals surface area (Å²) in [5.41, 5.74) is 1.16. The van der Waals surface area contributed by atoms with Crippen LogP contribution in [-0.2, 0) is 21.6 Å². The molecule has 1 unspecified atom stereocenters. The highest BCUT2D eigenvalue weighted by Crippen LogP contribution is 2.43. The van der Waals surface area contributed by atoms with Gasteiger partial charge in [-0.3, -0.25) is 0 Å². The third-order valence-corrected chi connectivity index (χ3v) is 3.60. The van der Waals surface area contributed by atoms with E-state index < -0.39 is 11.6 Å². The first-order valence-corrected chi connectivity index (χ1v) is 6.17. The van der Waals surface area contributed by atoms with Crippen LogP contribution < -0.4 is 0 Å². The summed E-state index contributed by atoms with van der Waals surface area (Å²) in [5.74, 6) is -0.622. The first-order valence-electron chi connectivity index (χ1n) is 6.17. The average molecular weight is 248 g/mol. The van der Waals surface area contributed by atoms with Crippen LogP contribution in [0.5, 0.6) is 0 Å². The number of fused-ring (bicyclic) bond motifs is 1. The van der Waals surface area contributed by atoms with E-state index in [1.807, 2.05) is 13.0 Å². The first-order chi connectivity index (χ1) is 8.50. The molecule has 0 spiro atoms. The Labute approximate surface area is 106 Å². The Morgan fingerprint density at radius 2 is 2.28 bits per heavy atom. The molecule has 0 amide bonds. The molecule has 1 aromatic rings. The predicted octanol–water partition coefficient (Wildman–Crippen LogP) is 3.50. The Morgan fingerprint density at radius 3 is 2.89 bits per heavy atom. The van der Waals surface area contributed by atoms with Crippen molar-refractivity contribution >= 4 is 5.97 Å². The topological polar surface area (TPSA) is 26.3 Å². The maximum atomic E-state index is 13.7. The van der Waals surface area contributed by atoms with Crippen LogP contribution >= 0.6 is 0 Å². The lowest BCUT2D eigenvalue weighted by Gasteiger charge is -2.29. The number of ether oxygens (including phenoxy) is 1. The van der Waals surface area contributed by atoms with Crippen molar-refractivity contribution in [2.45, 2.75) is 38.7 Å². The van der Waals surface area contributed by atoms with Gasteiger partial charge in [-0.15, -0.1) is 0 Å². The van der Waals surface area contributed by atoms with Crippen LogP contribution in [0.2, 0.25) is 0 Å². The summed E-state index contributed by atoms with van der Waals surface area (Å²) in [5, 5.41) is 0. The molecule has 0 heterocycles. The molecule has 2 nitrogen and oxygen atoms in total. The standard InChI is InChI=1S/C15H17FO2/c1-4-15(18-14(17)10(2)3)9-8-11-12(15)6-5-7-13(11)16/h5-7H,2,4,8-9H2,1,3H3. The van der Waals surface area contributed by atoms with Gasteiger partial charge < -0.3 is 4.74 Å². The Bertz CT molecular complexity index is 507. The number of rotatable bonds is 3. The lowest BCUT2D eigenvalue weighted by atomic mass is 9.92. The zero-order valence-electron chi connectivity index (χ0n) is 10.8. The molecule has 3 heteroatoms. The lowest BCUT2D eigenvalue weighted by molar-refractivity contribution is -0.156. The van der Waals surface area contributed by atoms with Crippen molar-refractivity contribution in [3.05, 3.63) is 47.3 Å². The third kappa shape index (κ3) is 1.94. The van der Waals surface area contributed by atoms with Gasteiger partial charge in [0.1, 0.15) is 11.4 Å². The molecule has 1 aromatic carbocycles. The van der Waals surface area contributed by atoms with Crippen LogP contribution in [0.15, 0.2) is 30.4 Å². The highest BCUT2D eigenvalue weighted by atomic mass is 19.1. The maximum absolute atomic E-state index is 13.7. The molecule has 0 radical (unpaired) electrons. The Morgan fingerprint density at radius 1 is 1.56 bits per heavy atom. The molecule has 0 aliphatic heterocycles. The van der Waals surface area contributed by atoms with E-state index in [1.165, 1.54) is 6.07 Å². The smallest absolute Gasteiger partial charge is 0.333 e. The average Bonchev–Trinajstić information content (AvgIpc) is 2.70. The Kier molecular flexibility index (Phi) is 3.24. The minimum atomic E-state index is -0.687. The zero-order chi connectivity index (χ0) is 13.3. The van der Waals surface area contributed by atoms with Crippen molar-refractivity contribution in [3.63, 3.8) is 0 Å². The van der Waals surface area contributed by atoms with E-state index >= 15 is 0 Å². The quantitative estimate of drug-likeness (QED) is 0.604. The Balaban J connectivity index is 2.41. The molecule has 1 aliphatic carbocycles. The predicted molar refractivity (Wildman–Crippen MR) is 67.6 cm³/mol. The fourth-order valence-electron chi connectivity index (χ4n) is 2.51. The highest BCUT2D eigenvalue weighted by molar-refractivity contribution is 5.87. The van der Waals surface area contributed by atoms with Gasteiger partial charge in [-0.2, -0.15) is 0 Å². The van der Waals surface area contributed by atoms with Crippen LogP contribution in [-0.4, -0.2) is 5.97 Å². The van der Waals surface area contributed by atoms with Gasteiger partial charge in [0.15, 0.2) is 0 Å². The van der Waals surface area contributed by atoms with E-state index in [1.54, 1.807) is 13.0 Å². The summed E-state index contributed by atoms with van der Waals surface area (Å²) in [6.07, 6.45) is 1.89. The SMILES string of the molecule is C=C(C)C(=O)OC1(CC)CCc2c(F)cccc21. The number of hydrogen-bond acceptors (Lipinski definition) is 2. The van der Waals surface area contributed by atoms with Crippen molar-refractivity contribution in [1.29, 1.82) is 0 Å². The van der Waals surface area contributed by atoms with Gasteiger partial charge in [0.2, 0.25) is 0 Å². The van der Waals surface area contributed by atoms with Crippen molar-refractivity contribution in [1.82, 2.24) is 0 Å². The zero-order valence-corrected chi connectivity index (χ0v) is 10.8. The molecular formula is C15H17FO2. The summed E-state index contributed by atoms with van der Waals surface area (Å²) >= 11 is 0. The molecule has 0 bridgehead atoms. The monoisotopic (exact) mass is 248 g/mol. The number of esters is 1. The van der Waals surface area contributed by atoms with Crippen LogP contribution in [0.1, 0.15) is 37.8 Å². The van der Waals surface area contributed by atoms with Crippen molar-refractivity contribution in [2.75, 3.05) is 0 Å². The molecule has 0 saturated heterocycles. The molecule has 0 fully saturated rings. The van der Waals surface area contributed by atoms with Gasteiger partial charge in [0.25, 0.3) is 0 Å². The van der Waals surface area contributed by atoms with Crippen molar-refractivity contribution < 1.29 is 13.9 Å². The normalized spacial score (nSPS) is 21.5. The number of benzene rings is 1. The van der Waals surface area contributed by atoms with Gasteiger partial charge in [-0.25, -0.2) is 9.18 Å². The van der Waals surface area contributed by atoms with E-state index in [0.717, 1.165) is 5.56 Å². The molecule has 0 aromatic heterocycles. The second-order valence-electron chi connectivity index (χ2n) is 4.78. The molecular weight excluding hydrogens is 231 g/mol. The molecule has 1 aliphatic rings. The minimum Gasteiger partial charge on any atom is -0.451 e. The summed E-state index contributed by atoms with van der Waals surface area (Å²) in [6, 6.07) is 4.96. The number of hydrogen-bond donors (Lipinski definition) is 0. The van der Waals surface area contributed by atoms with E-state index in [-0.39, 0.29) is 5.82 Å². The van der Waals surface area contributed by atoms with Gasteiger partial charge in [0.05, 0.1) is 0 Å². The van der Waals surface area contributed by atoms with Crippen molar-refractivity contribution in [3.8, 4) is 0 Å².